The molecule has 9 aromatic rings. The number of benzene rings is 8. The number of para-hydroxylation sites is 1. The van der Waals surface area contributed by atoms with Gasteiger partial charge in [0.25, 0.3) is 0 Å². The average Bonchev–Trinajstić information content (AvgIpc) is 3.39. The van der Waals surface area contributed by atoms with Crippen molar-refractivity contribution in [3.05, 3.63) is 146 Å². The molecular formula is C40H24O. The standard InChI is InChI=1S/C40H24O/c1-3-11-27-21-29(19-17-25(27)9-1)39-32-14-5-6-15-33(32)40(30-20-18-26-10-2-4-12-28(26)22-30)36-24-38-34(23-35(36)39)31-13-7-8-16-37(31)41-38/h1-24H. The summed E-state index contributed by atoms with van der Waals surface area (Å²) >= 11 is 0. The van der Waals surface area contributed by atoms with E-state index in [9.17, 15) is 0 Å². The van der Waals surface area contributed by atoms with Crippen LogP contribution in [-0.2, 0) is 0 Å². The summed E-state index contributed by atoms with van der Waals surface area (Å²) < 4.78 is 6.44. The van der Waals surface area contributed by atoms with E-state index in [1.54, 1.807) is 0 Å². The zero-order valence-corrected chi connectivity index (χ0v) is 22.3. The van der Waals surface area contributed by atoms with E-state index in [2.05, 4.69) is 140 Å². The lowest BCUT2D eigenvalue weighted by atomic mass is 9.84. The van der Waals surface area contributed by atoms with Gasteiger partial charge >= 0.3 is 0 Å². The normalized spacial score (nSPS) is 11.9. The van der Waals surface area contributed by atoms with Crippen LogP contribution in [0.25, 0.3) is 87.3 Å². The first-order valence-electron chi connectivity index (χ1n) is 14.1. The highest BCUT2D eigenvalue weighted by atomic mass is 16.3. The van der Waals surface area contributed by atoms with Crippen molar-refractivity contribution in [3.63, 3.8) is 0 Å². The summed E-state index contributed by atoms with van der Waals surface area (Å²) in [4.78, 5) is 0. The lowest BCUT2D eigenvalue weighted by Crippen LogP contribution is -1.91. The zero-order chi connectivity index (χ0) is 26.9. The van der Waals surface area contributed by atoms with Crippen molar-refractivity contribution in [2.45, 2.75) is 0 Å². The fourth-order valence-electron chi connectivity index (χ4n) is 6.71. The molecule has 1 nitrogen and oxygen atoms in total. The van der Waals surface area contributed by atoms with Crippen LogP contribution < -0.4 is 0 Å². The second kappa shape index (κ2) is 8.55. The van der Waals surface area contributed by atoms with Gasteiger partial charge in [0.1, 0.15) is 11.2 Å². The Balaban J connectivity index is 1.49. The predicted molar refractivity (Wildman–Crippen MR) is 175 cm³/mol. The Labute approximate surface area is 236 Å². The van der Waals surface area contributed by atoms with Gasteiger partial charge < -0.3 is 4.42 Å². The summed E-state index contributed by atoms with van der Waals surface area (Å²) in [7, 11) is 0. The van der Waals surface area contributed by atoms with E-state index in [1.165, 1.54) is 65.3 Å². The number of furan rings is 1. The smallest absolute Gasteiger partial charge is 0.136 e. The average molecular weight is 521 g/mol. The summed E-state index contributed by atoms with van der Waals surface area (Å²) in [6.07, 6.45) is 0. The molecule has 1 aromatic heterocycles. The number of hydrogen-bond donors (Lipinski definition) is 0. The van der Waals surface area contributed by atoms with Crippen molar-refractivity contribution in [2.24, 2.45) is 0 Å². The summed E-state index contributed by atoms with van der Waals surface area (Å²) in [5.41, 5.74) is 6.78. The fourth-order valence-corrected chi connectivity index (χ4v) is 6.71. The molecule has 9 rings (SSSR count). The highest BCUT2D eigenvalue weighted by Gasteiger charge is 2.19. The Morgan fingerprint density at radius 2 is 0.780 bits per heavy atom. The summed E-state index contributed by atoms with van der Waals surface area (Å²) in [5, 5.41) is 12.2. The first-order valence-corrected chi connectivity index (χ1v) is 14.1. The van der Waals surface area contributed by atoms with Gasteiger partial charge in [0.2, 0.25) is 0 Å². The lowest BCUT2D eigenvalue weighted by molar-refractivity contribution is 0.669. The number of fused-ring (bicyclic) bond motifs is 7. The maximum absolute atomic E-state index is 6.44. The van der Waals surface area contributed by atoms with Crippen molar-refractivity contribution in [3.8, 4) is 22.3 Å². The Hall–Kier alpha value is -5.40. The van der Waals surface area contributed by atoms with Gasteiger partial charge in [-0.15, -0.1) is 0 Å². The molecule has 0 saturated heterocycles. The molecule has 0 atom stereocenters. The van der Waals surface area contributed by atoms with Gasteiger partial charge in [0.05, 0.1) is 0 Å². The fraction of sp³-hybridized carbons (Fsp3) is 0. The van der Waals surface area contributed by atoms with Crippen molar-refractivity contribution >= 4 is 65.0 Å². The molecule has 0 amide bonds. The zero-order valence-electron chi connectivity index (χ0n) is 22.3. The van der Waals surface area contributed by atoms with Gasteiger partial charge in [-0.2, -0.15) is 0 Å². The van der Waals surface area contributed by atoms with Gasteiger partial charge in [-0.05, 0) is 95.7 Å². The molecule has 0 radical (unpaired) electrons. The van der Waals surface area contributed by atoms with Crippen LogP contribution in [0.3, 0.4) is 0 Å². The Morgan fingerprint density at radius 1 is 0.293 bits per heavy atom. The minimum absolute atomic E-state index is 0.917. The second-order valence-electron chi connectivity index (χ2n) is 10.9. The van der Waals surface area contributed by atoms with E-state index in [-0.39, 0.29) is 0 Å². The Morgan fingerprint density at radius 3 is 1.39 bits per heavy atom. The van der Waals surface area contributed by atoms with E-state index in [0.717, 1.165) is 21.9 Å². The highest BCUT2D eigenvalue weighted by Crippen LogP contribution is 2.46. The Bertz CT molecular complexity index is 2480. The third-order valence-electron chi connectivity index (χ3n) is 8.60. The van der Waals surface area contributed by atoms with Gasteiger partial charge in [0.15, 0.2) is 0 Å². The minimum atomic E-state index is 0.917. The van der Waals surface area contributed by atoms with E-state index in [4.69, 9.17) is 4.42 Å². The SMILES string of the molecule is c1ccc2cc(-c3c4ccccc4c(-c4ccc5ccccc5c4)c4cc5c(cc34)oc3ccccc35)ccc2c1. The van der Waals surface area contributed by atoms with Gasteiger partial charge in [0, 0.05) is 10.8 Å². The first kappa shape index (κ1) is 22.4. The van der Waals surface area contributed by atoms with Crippen LogP contribution >= 0.6 is 0 Å². The predicted octanol–water partition coefficient (Wildman–Crippen LogP) is 11.5. The van der Waals surface area contributed by atoms with Gasteiger partial charge in [-0.1, -0.05) is 115 Å². The molecule has 0 N–H and O–H groups in total. The van der Waals surface area contributed by atoms with Crippen molar-refractivity contribution < 1.29 is 4.42 Å². The van der Waals surface area contributed by atoms with Crippen molar-refractivity contribution in [2.75, 3.05) is 0 Å². The quantitative estimate of drug-likeness (QED) is 0.207. The van der Waals surface area contributed by atoms with Crippen LogP contribution in [0, 0.1) is 0 Å². The second-order valence-corrected chi connectivity index (χ2v) is 10.9. The number of rotatable bonds is 2. The molecule has 0 spiro atoms. The summed E-state index contributed by atoms with van der Waals surface area (Å²) in [6, 6.07) is 52.7. The molecule has 1 heteroatoms. The van der Waals surface area contributed by atoms with Gasteiger partial charge in [-0.3, -0.25) is 0 Å². The molecular weight excluding hydrogens is 496 g/mol. The Kier molecular flexibility index (Phi) is 4.67. The topological polar surface area (TPSA) is 13.1 Å². The first-order chi connectivity index (χ1) is 20.3. The maximum atomic E-state index is 6.44. The molecule has 1 heterocycles. The van der Waals surface area contributed by atoms with Crippen LogP contribution in [0.4, 0.5) is 0 Å². The van der Waals surface area contributed by atoms with E-state index in [0.29, 0.717) is 0 Å². The van der Waals surface area contributed by atoms with Crippen LogP contribution in [0.1, 0.15) is 0 Å². The van der Waals surface area contributed by atoms with E-state index in [1.807, 2.05) is 6.07 Å². The molecule has 0 aliphatic heterocycles. The molecule has 0 fully saturated rings. The molecule has 0 aliphatic carbocycles. The monoisotopic (exact) mass is 520 g/mol. The summed E-state index contributed by atoms with van der Waals surface area (Å²) in [6.45, 7) is 0. The minimum Gasteiger partial charge on any atom is -0.456 e. The van der Waals surface area contributed by atoms with E-state index < -0.39 is 0 Å². The largest absolute Gasteiger partial charge is 0.456 e. The molecule has 0 aliphatic rings. The maximum Gasteiger partial charge on any atom is 0.136 e. The molecule has 0 unspecified atom stereocenters. The molecule has 0 saturated carbocycles. The molecule has 8 aromatic carbocycles. The van der Waals surface area contributed by atoms with Crippen LogP contribution in [0.15, 0.2) is 150 Å². The third-order valence-corrected chi connectivity index (χ3v) is 8.60. The van der Waals surface area contributed by atoms with Crippen LogP contribution in [-0.4, -0.2) is 0 Å². The van der Waals surface area contributed by atoms with Crippen LogP contribution in [0.2, 0.25) is 0 Å². The molecule has 0 bridgehead atoms. The van der Waals surface area contributed by atoms with E-state index >= 15 is 0 Å². The van der Waals surface area contributed by atoms with Crippen LogP contribution in [0.5, 0.6) is 0 Å². The van der Waals surface area contributed by atoms with Gasteiger partial charge in [-0.25, -0.2) is 0 Å². The van der Waals surface area contributed by atoms with Crippen molar-refractivity contribution in [1.82, 2.24) is 0 Å². The highest BCUT2D eigenvalue weighted by molar-refractivity contribution is 6.25. The number of hydrogen-bond acceptors (Lipinski definition) is 1. The third kappa shape index (κ3) is 3.36. The lowest BCUT2D eigenvalue weighted by Gasteiger charge is -2.18. The van der Waals surface area contributed by atoms with Crippen molar-refractivity contribution in [1.29, 1.82) is 0 Å². The molecule has 190 valence electrons. The summed E-state index contributed by atoms with van der Waals surface area (Å²) in [5.74, 6) is 0. The molecule has 41 heavy (non-hydrogen) atoms.